The standard InChI is InChI=1S/C21H18N6O/c1-12-7-14(9-22)10-26-20(12)21(28)27-16-5-6-18(23)17(8-16)19(24)15-4-3-13(2)25-11-15/h3-8,10-11,24H,23H2,1-2H3,(H,27,28). The number of nitrogens with two attached hydrogens (primary N) is 1. The Balaban J connectivity index is 1.87. The number of amides is 1. The van der Waals surface area contributed by atoms with Crippen molar-refractivity contribution in [3.63, 3.8) is 0 Å². The van der Waals surface area contributed by atoms with Crippen LogP contribution >= 0.6 is 0 Å². The zero-order valence-corrected chi connectivity index (χ0v) is 15.4. The molecule has 2 heterocycles. The Kier molecular flexibility index (Phi) is 5.14. The highest BCUT2D eigenvalue weighted by atomic mass is 16.1. The van der Waals surface area contributed by atoms with E-state index in [-0.39, 0.29) is 11.4 Å². The first-order valence-electron chi connectivity index (χ1n) is 8.48. The smallest absolute Gasteiger partial charge is 0.274 e. The van der Waals surface area contributed by atoms with Crippen molar-refractivity contribution in [1.82, 2.24) is 9.97 Å². The number of pyridine rings is 2. The van der Waals surface area contributed by atoms with E-state index in [1.54, 1.807) is 43.5 Å². The van der Waals surface area contributed by atoms with Gasteiger partial charge in [0.1, 0.15) is 11.8 Å². The van der Waals surface area contributed by atoms with Crippen molar-refractivity contribution in [2.24, 2.45) is 0 Å². The second-order valence-electron chi connectivity index (χ2n) is 6.32. The second-order valence-corrected chi connectivity index (χ2v) is 6.32. The summed E-state index contributed by atoms with van der Waals surface area (Å²) in [5, 5.41) is 20.1. The third-order valence-corrected chi connectivity index (χ3v) is 4.20. The van der Waals surface area contributed by atoms with E-state index < -0.39 is 5.91 Å². The van der Waals surface area contributed by atoms with E-state index in [1.165, 1.54) is 6.20 Å². The second kappa shape index (κ2) is 7.68. The summed E-state index contributed by atoms with van der Waals surface area (Å²) < 4.78 is 0. The normalized spacial score (nSPS) is 10.2. The molecule has 0 atom stereocenters. The third kappa shape index (κ3) is 3.86. The maximum atomic E-state index is 12.6. The Morgan fingerprint density at radius 3 is 2.57 bits per heavy atom. The summed E-state index contributed by atoms with van der Waals surface area (Å²) in [5.41, 5.74) is 10.4. The maximum absolute atomic E-state index is 12.6. The average molecular weight is 370 g/mol. The summed E-state index contributed by atoms with van der Waals surface area (Å²) in [6.07, 6.45) is 2.97. The van der Waals surface area contributed by atoms with Gasteiger partial charge in [0.25, 0.3) is 5.91 Å². The molecule has 0 aliphatic carbocycles. The molecular weight excluding hydrogens is 352 g/mol. The Labute approximate surface area is 162 Å². The maximum Gasteiger partial charge on any atom is 0.274 e. The highest BCUT2D eigenvalue weighted by Gasteiger charge is 2.14. The quantitative estimate of drug-likeness (QED) is 0.480. The fourth-order valence-corrected chi connectivity index (χ4v) is 2.69. The molecule has 0 spiro atoms. The molecule has 3 rings (SSSR count). The van der Waals surface area contributed by atoms with Gasteiger partial charge in [-0.2, -0.15) is 5.26 Å². The van der Waals surface area contributed by atoms with Crippen LogP contribution in [0.1, 0.15) is 38.4 Å². The molecule has 7 heteroatoms. The topological polar surface area (TPSA) is 129 Å². The zero-order valence-electron chi connectivity index (χ0n) is 15.4. The molecule has 138 valence electrons. The van der Waals surface area contributed by atoms with Crippen molar-refractivity contribution in [2.45, 2.75) is 13.8 Å². The summed E-state index contributed by atoms with van der Waals surface area (Å²) in [6, 6.07) is 12.2. The summed E-state index contributed by atoms with van der Waals surface area (Å²) in [7, 11) is 0. The van der Waals surface area contributed by atoms with E-state index in [1.807, 2.05) is 19.1 Å². The molecule has 1 amide bonds. The number of rotatable bonds is 4. The van der Waals surface area contributed by atoms with Crippen LogP contribution in [0.15, 0.2) is 48.8 Å². The SMILES string of the molecule is Cc1ccc(C(=N)c2cc(NC(=O)c3ncc(C#N)cc3C)ccc2N)cn1. The van der Waals surface area contributed by atoms with E-state index in [2.05, 4.69) is 15.3 Å². The lowest BCUT2D eigenvalue weighted by Crippen LogP contribution is -2.16. The van der Waals surface area contributed by atoms with Crippen molar-refractivity contribution in [2.75, 3.05) is 11.1 Å². The number of nitrogen functional groups attached to an aromatic ring is 1. The van der Waals surface area contributed by atoms with Crippen molar-refractivity contribution in [3.8, 4) is 6.07 Å². The minimum Gasteiger partial charge on any atom is -0.398 e. The number of nitrogens with zero attached hydrogens (tertiary/aromatic N) is 3. The molecule has 2 aromatic heterocycles. The van der Waals surface area contributed by atoms with E-state index in [0.29, 0.717) is 33.6 Å². The van der Waals surface area contributed by atoms with Gasteiger partial charge in [-0.15, -0.1) is 0 Å². The Morgan fingerprint density at radius 2 is 1.93 bits per heavy atom. The minimum atomic E-state index is -0.402. The van der Waals surface area contributed by atoms with Gasteiger partial charge < -0.3 is 11.1 Å². The predicted octanol–water partition coefficient (Wildman–Crippen LogP) is 3.22. The summed E-state index contributed by atoms with van der Waals surface area (Å²) >= 11 is 0. The van der Waals surface area contributed by atoms with Crippen molar-refractivity contribution >= 4 is 23.0 Å². The van der Waals surface area contributed by atoms with E-state index in [9.17, 15) is 4.79 Å². The van der Waals surface area contributed by atoms with Gasteiger partial charge in [0, 0.05) is 40.6 Å². The highest BCUT2D eigenvalue weighted by molar-refractivity contribution is 6.14. The van der Waals surface area contributed by atoms with Crippen LogP contribution in [0, 0.1) is 30.6 Å². The molecule has 1 aromatic carbocycles. The van der Waals surface area contributed by atoms with E-state index in [4.69, 9.17) is 16.4 Å². The van der Waals surface area contributed by atoms with Gasteiger partial charge in [-0.1, -0.05) is 0 Å². The summed E-state index contributed by atoms with van der Waals surface area (Å²) in [4.78, 5) is 20.8. The lowest BCUT2D eigenvalue weighted by atomic mass is 10.0. The lowest BCUT2D eigenvalue weighted by Gasteiger charge is -2.12. The number of carbonyl (C=O) groups excluding carboxylic acids is 1. The van der Waals surface area contributed by atoms with Crippen LogP contribution in [-0.2, 0) is 0 Å². The van der Waals surface area contributed by atoms with Crippen LogP contribution in [0.25, 0.3) is 0 Å². The molecule has 3 aromatic rings. The van der Waals surface area contributed by atoms with E-state index in [0.717, 1.165) is 5.69 Å². The number of carbonyl (C=O) groups is 1. The molecule has 0 fully saturated rings. The first-order valence-corrected chi connectivity index (χ1v) is 8.48. The molecule has 0 bridgehead atoms. The van der Waals surface area contributed by atoms with Gasteiger partial charge in [0.2, 0.25) is 0 Å². The van der Waals surface area contributed by atoms with Gasteiger partial charge >= 0.3 is 0 Å². The number of anilines is 2. The van der Waals surface area contributed by atoms with Crippen LogP contribution in [0.4, 0.5) is 11.4 Å². The summed E-state index contributed by atoms with van der Waals surface area (Å²) in [6.45, 7) is 3.59. The third-order valence-electron chi connectivity index (χ3n) is 4.20. The Morgan fingerprint density at radius 1 is 1.14 bits per heavy atom. The van der Waals surface area contributed by atoms with Crippen LogP contribution in [0.2, 0.25) is 0 Å². The van der Waals surface area contributed by atoms with E-state index >= 15 is 0 Å². The summed E-state index contributed by atoms with van der Waals surface area (Å²) in [5.74, 6) is -0.402. The molecule has 0 aliphatic heterocycles. The number of nitrogens with one attached hydrogen (secondary N) is 2. The molecule has 4 N–H and O–H groups in total. The van der Waals surface area contributed by atoms with Gasteiger partial charge in [0.05, 0.1) is 11.3 Å². The first kappa shape index (κ1) is 18.7. The minimum absolute atomic E-state index is 0.216. The van der Waals surface area contributed by atoms with Crippen LogP contribution in [0.5, 0.6) is 0 Å². The van der Waals surface area contributed by atoms with Gasteiger partial charge in [-0.3, -0.25) is 15.2 Å². The largest absolute Gasteiger partial charge is 0.398 e. The lowest BCUT2D eigenvalue weighted by molar-refractivity contribution is 0.102. The van der Waals surface area contributed by atoms with Gasteiger partial charge in [-0.25, -0.2) is 4.98 Å². The molecule has 0 saturated carbocycles. The molecule has 0 unspecified atom stereocenters. The van der Waals surface area contributed by atoms with Crippen LogP contribution < -0.4 is 11.1 Å². The number of nitriles is 1. The van der Waals surface area contributed by atoms with Gasteiger partial charge in [0.15, 0.2) is 0 Å². The molecule has 28 heavy (non-hydrogen) atoms. The molecular formula is C21H18N6O. The zero-order chi connectivity index (χ0) is 20.3. The van der Waals surface area contributed by atoms with Gasteiger partial charge in [-0.05, 0) is 55.8 Å². The fourth-order valence-electron chi connectivity index (χ4n) is 2.69. The predicted molar refractivity (Wildman–Crippen MR) is 107 cm³/mol. The first-order chi connectivity index (χ1) is 13.4. The van der Waals surface area contributed by atoms with Crippen molar-refractivity contribution in [3.05, 3.63) is 82.4 Å². The molecule has 0 saturated heterocycles. The number of hydrogen-bond donors (Lipinski definition) is 3. The Hall–Kier alpha value is -4.05. The van der Waals surface area contributed by atoms with Crippen molar-refractivity contribution < 1.29 is 4.79 Å². The number of benzene rings is 1. The van der Waals surface area contributed by atoms with Crippen LogP contribution in [0.3, 0.4) is 0 Å². The molecule has 0 radical (unpaired) electrons. The molecule has 7 nitrogen and oxygen atoms in total. The fraction of sp³-hybridized carbons (Fsp3) is 0.0952. The van der Waals surface area contributed by atoms with Crippen molar-refractivity contribution in [1.29, 1.82) is 10.7 Å². The number of aromatic nitrogens is 2. The molecule has 0 aliphatic rings. The van der Waals surface area contributed by atoms with Crippen LogP contribution in [-0.4, -0.2) is 21.6 Å². The monoisotopic (exact) mass is 370 g/mol. The Bertz CT molecular complexity index is 1110. The average Bonchev–Trinajstić information content (AvgIpc) is 2.69. The highest BCUT2D eigenvalue weighted by Crippen LogP contribution is 2.22. The number of hydrogen-bond acceptors (Lipinski definition) is 6. The number of aryl methyl sites for hydroxylation is 2.